The van der Waals surface area contributed by atoms with Crippen LogP contribution in [0, 0.1) is 5.92 Å². The highest BCUT2D eigenvalue weighted by molar-refractivity contribution is 5.78. The fourth-order valence-corrected chi connectivity index (χ4v) is 2.69. The number of benzene rings is 1. The molecule has 1 amide bonds. The van der Waals surface area contributed by atoms with Gasteiger partial charge in [0.05, 0.1) is 6.10 Å². The minimum atomic E-state index is -0.527. The summed E-state index contributed by atoms with van der Waals surface area (Å²) in [6.45, 7) is 3.32. The van der Waals surface area contributed by atoms with Crippen molar-refractivity contribution in [1.29, 1.82) is 0 Å². The molecule has 1 heterocycles. The number of amides is 1. The highest BCUT2D eigenvalue weighted by atomic mass is 16.3. The van der Waals surface area contributed by atoms with Gasteiger partial charge >= 0.3 is 0 Å². The molecule has 1 aliphatic heterocycles. The van der Waals surface area contributed by atoms with Crippen LogP contribution in [0.25, 0.3) is 0 Å². The molecule has 3 atom stereocenters. The van der Waals surface area contributed by atoms with E-state index in [1.807, 2.05) is 30.3 Å². The van der Waals surface area contributed by atoms with E-state index >= 15 is 0 Å². The molecule has 1 saturated heterocycles. The van der Waals surface area contributed by atoms with Crippen molar-refractivity contribution in [3.63, 3.8) is 0 Å². The summed E-state index contributed by atoms with van der Waals surface area (Å²) in [6.07, 6.45) is 1.80. The van der Waals surface area contributed by atoms with Crippen LogP contribution in [0.4, 0.5) is 0 Å². The van der Waals surface area contributed by atoms with Gasteiger partial charge in [0, 0.05) is 24.9 Å². The molecule has 0 aromatic heterocycles. The van der Waals surface area contributed by atoms with E-state index in [4.69, 9.17) is 0 Å². The minimum absolute atomic E-state index is 0.0745. The normalized spacial score (nSPS) is 24.1. The largest absolute Gasteiger partial charge is 0.391 e. The standard InChI is InChI=1S/C16H24N2O2/c1-12-9-14(7-8-17-12)16(20)18-11-15(19)10-13-5-3-2-4-6-13/h2-6,12,14-15,17,19H,7-11H2,1H3,(H,18,20)/t12-,14-,15?/m0/s1. The van der Waals surface area contributed by atoms with Crippen LogP contribution in [-0.2, 0) is 11.2 Å². The van der Waals surface area contributed by atoms with Crippen LogP contribution in [-0.4, -0.2) is 36.2 Å². The first-order valence-electron chi connectivity index (χ1n) is 7.38. The monoisotopic (exact) mass is 276 g/mol. The van der Waals surface area contributed by atoms with Gasteiger partial charge in [-0.1, -0.05) is 30.3 Å². The van der Waals surface area contributed by atoms with Crippen molar-refractivity contribution in [2.24, 2.45) is 5.92 Å². The number of rotatable bonds is 5. The predicted molar refractivity (Wildman–Crippen MR) is 79.4 cm³/mol. The Balaban J connectivity index is 1.72. The van der Waals surface area contributed by atoms with Gasteiger partial charge in [0.25, 0.3) is 0 Å². The van der Waals surface area contributed by atoms with Gasteiger partial charge in [-0.3, -0.25) is 4.79 Å². The fraction of sp³-hybridized carbons (Fsp3) is 0.562. The van der Waals surface area contributed by atoms with Gasteiger partial charge in [0.1, 0.15) is 0 Å². The first-order valence-corrected chi connectivity index (χ1v) is 7.38. The molecule has 0 radical (unpaired) electrons. The summed E-state index contributed by atoms with van der Waals surface area (Å²) in [5.41, 5.74) is 1.09. The van der Waals surface area contributed by atoms with Crippen LogP contribution >= 0.6 is 0 Å². The number of aliphatic hydroxyl groups excluding tert-OH is 1. The van der Waals surface area contributed by atoms with Crippen LogP contribution in [0.3, 0.4) is 0 Å². The number of nitrogens with one attached hydrogen (secondary N) is 2. The fourth-order valence-electron chi connectivity index (χ4n) is 2.69. The highest BCUT2D eigenvalue weighted by Crippen LogP contribution is 2.15. The summed E-state index contributed by atoms with van der Waals surface area (Å²) in [5.74, 6) is 0.153. The number of piperidine rings is 1. The Morgan fingerprint density at radius 1 is 1.45 bits per heavy atom. The maximum Gasteiger partial charge on any atom is 0.223 e. The molecule has 0 aliphatic carbocycles. The molecule has 4 heteroatoms. The van der Waals surface area contributed by atoms with Crippen LogP contribution in [0.1, 0.15) is 25.3 Å². The van der Waals surface area contributed by atoms with E-state index in [1.54, 1.807) is 0 Å². The maximum atomic E-state index is 12.1. The Bertz CT molecular complexity index is 422. The summed E-state index contributed by atoms with van der Waals surface area (Å²) < 4.78 is 0. The summed E-state index contributed by atoms with van der Waals surface area (Å²) in [4.78, 5) is 12.1. The molecule has 20 heavy (non-hydrogen) atoms. The zero-order chi connectivity index (χ0) is 14.4. The lowest BCUT2D eigenvalue weighted by Gasteiger charge is -2.27. The third-order valence-electron chi connectivity index (χ3n) is 3.82. The number of carbonyl (C=O) groups is 1. The van der Waals surface area contributed by atoms with Crippen LogP contribution < -0.4 is 10.6 Å². The zero-order valence-corrected chi connectivity index (χ0v) is 12.0. The molecule has 1 aliphatic rings. The third-order valence-corrected chi connectivity index (χ3v) is 3.82. The van der Waals surface area contributed by atoms with Crippen molar-refractivity contribution in [1.82, 2.24) is 10.6 Å². The van der Waals surface area contributed by atoms with Crippen molar-refractivity contribution in [3.05, 3.63) is 35.9 Å². The second-order valence-corrected chi connectivity index (χ2v) is 5.67. The van der Waals surface area contributed by atoms with E-state index in [1.165, 1.54) is 0 Å². The van der Waals surface area contributed by atoms with E-state index < -0.39 is 6.10 Å². The van der Waals surface area contributed by atoms with Crippen molar-refractivity contribution in [2.45, 2.75) is 38.3 Å². The average Bonchev–Trinajstić information content (AvgIpc) is 2.46. The Morgan fingerprint density at radius 3 is 2.90 bits per heavy atom. The predicted octanol–water partition coefficient (Wildman–Crippen LogP) is 1.09. The third kappa shape index (κ3) is 4.62. The first kappa shape index (κ1) is 15.0. The molecule has 3 N–H and O–H groups in total. The van der Waals surface area contributed by atoms with Crippen LogP contribution in [0.15, 0.2) is 30.3 Å². The molecular formula is C16H24N2O2. The van der Waals surface area contributed by atoms with Gasteiger partial charge in [0.2, 0.25) is 5.91 Å². The smallest absolute Gasteiger partial charge is 0.223 e. The van der Waals surface area contributed by atoms with Crippen LogP contribution in [0.2, 0.25) is 0 Å². The summed E-state index contributed by atoms with van der Waals surface area (Å²) in [6, 6.07) is 10.2. The SMILES string of the molecule is C[C@H]1C[C@@H](C(=O)NCC(O)Cc2ccccc2)CCN1. The maximum absolute atomic E-state index is 12.1. The zero-order valence-electron chi connectivity index (χ0n) is 12.0. The second-order valence-electron chi connectivity index (χ2n) is 5.67. The highest BCUT2D eigenvalue weighted by Gasteiger charge is 2.24. The molecule has 1 aromatic rings. The van der Waals surface area contributed by atoms with E-state index in [0.717, 1.165) is 24.9 Å². The summed E-state index contributed by atoms with van der Waals surface area (Å²) in [5, 5.41) is 16.2. The molecule has 0 spiro atoms. The summed E-state index contributed by atoms with van der Waals surface area (Å²) >= 11 is 0. The topological polar surface area (TPSA) is 61.4 Å². The quantitative estimate of drug-likeness (QED) is 0.754. The minimum Gasteiger partial charge on any atom is -0.391 e. The van der Waals surface area contributed by atoms with Crippen LogP contribution in [0.5, 0.6) is 0 Å². The Hall–Kier alpha value is -1.39. The summed E-state index contributed by atoms with van der Waals surface area (Å²) in [7, 11) is 0. The van der Waals surface area contributed by atoms with Crippen molar-refractivity contribution < 1.29 is 9.90 Å². The Kier molecular flexibility index (Phi) is 5.56. The van der Waals surface area contributed by atoms with Gasteiger partial charge < -0.3 is 15.7 Å². The molecule has 2 rings (SSSR count). The Morgan fingerprint density at radius 2 is 2.20 bits per heavy atom. The lowest BCUT2D eigenvalue weighted by molar-refractivity contribution is -0.126. The average molecular weight is 276 g/mol. The van der Waals surface area contributed by atoms with Gasteiger partial charge in [-0.05, 0) is 31.9 Å². The van der Waals surface area contributed by atoms with Gasteiger partial charge in [-0.2, -0.15) is 0 Å². The first-order chi connectivity index (χ1) is 9.65. The van der Waals surface area contributed by atoms with Crippen molar-refractivity contribution >= 4 is 5.91 Å². The molecule has 110 valence electrons. The lowest BCUT2D eigenvalue weighted by atomic mass is 9.92. The molecule has 1 aromatic carbocycles. The number of carbonyl (C=O) groups excluding carboxylic acids is 1. The van der Waals surface area contributed by atoms with Gasteiger partial charge in [-0.25, -0.2) is 0 Å². The van der Waals surface area contributed by atoms with E-state index in [0.29, 0.717) is 19.0 Å². The van der Waals surface area contributed by atoms with Crippen molar-refractivity contribution in [2.75, 3.05) is 13.1 Å². The van der Waals surface area contributed by atoms with Crippen molar-refractivity contribution in [3.8, 4) is 0 Å². The lowest BCUT2D eigenvalue weighted by Crippen LogP contribution is -2.44. The molecule has 0 bridgehead atoms. The van der Waals surface area contributed by atoms with E-state index in [9.17, 15) is 9.90 Å². The molecule has 0 saturated carbocycles. The van der Waals surface area contributed by atoms with E-state index in [-0.39, 0.29) is 11.8 Å². The van der Waals surface area contributed by atoms with E-state index in [2.05, 4.69) is 17.6 Å². The number of hydrogen-bond donors (Lipinski definition) is 3. The van der Waals surface area contributed by atoms with Gasteiger partial charge in [0.15, 0.2) is 0 Å². The molecule has 1 fully saturated rings. The van der Waals surface area contributed by atoms with Gasteiger partial charge in [-0.15, -0.1) is 0 Å². The number of hydrogen-bond acceptors (Lipinski definition) is 3. The molecule has 1 unspecified atom stereocenters. The number of aliphatic hydroxyl groups is 1. The molecular weight excluding hydrogens is 252 g/mol. The second kappa shape index (κ2) is 7.41. The molecule has 4 nitrogen and oxygen atoms in total. The Labute approximate surface area is 120 Å².